The summed E-state index contributed by atoms with van der Waals surface area (Å²) in [5.74, 6) is 0.832. The molecule has 1 fully saturated rings. The molecule has 1 saturated carbocycles. The van der Waals surface area contributed by atoms with Gasteiger partial charge in [-0.1, -0.05) is 32.6 Å². The summed E-state index contributed by atoms with van der Waals surface area (Å²) in [5, 5.41) is 5.91. The van der Waals surface area contributed by atoms with Crippen LogP contribution in [0.25, 0.3) is 4.96 Å². The predicted molar refractivity (Wildman–Crippen MR) is 90.0 cm³/mol. The summed E-state index contributed by atoms with van der Waals surface area (Å²) < 4.78 is 2.16. The van der Waals surface area contributed by atoms with Crippen LogP contribution in [0.3, 0.4) is 0 Å². The van der Waals surface area contributed by atoms with Crippen LogP contribution in [-0.2, 0) is 6.42 Å². The van der Waals surface area contributed by atoms with Crippen LogP contribution in [0, 0.1) is 5.92 Å². The predicted octanol–water partition coefficient (Wildman–Crippen LogP) is 4.28. The van der Waals surface area contributed by atoms with Crippen molar-refractivity contribution in [3.8, 4) is 0 Å². The highest BCUT2D eigenvalue weighted by Crippen LogP contribution is 2.27. The first-order chi connectivity index (χ1) is 10.4. The molecule has 3 rings (SSSR count). The van der Waals surface area contributed by atoms with Gasteiger partial charge in [-0.3, -0.25) is 4.40 Å². The SMILES string of the molecule is CCCNC(Cc1cn2ccsc2n1)C1CCCCCC1. The van der Waals surface area contributed by atoms with E-state index in [1.807, 2.05) is 0 Å². The molecule has 116 valence electrons. The van der Waals surface area contributed by atoms with Crippen molar-refractivity contribution in [3.63, 3.8) is 0 Å². The second kappa shape index (κ2) is 7.41. The van der Waals surface area contributed by atoms with E-state index in [0.29, 0.717) is 6.04 Å². The molecule has 0 aromatic carbocycles. The molecule has 0 bridgehead atoms. The van der Waals surface area contributed by atoms with Crippen LogP contribution in [0.1, 0.15) is 57.6 Å². The minimum absolute atomic E-state index is 0.604. The molecule has 2 aromatic rings. The van der Waals surface area contributed by atoms with Gasteiger partial charge in [0, 0.05) is 30.2 Å². The minimum atomic E-state index is 0.604. The van der Waals surface area contributed by atoms with Gasteiger partial charge in [-0.25, -0.2) is 4.98 Å². The number of fused-ring (bicyclic) bond motifs is 1. The lowest BCUT2D eigenvalue weighted by Crippen LogP contribution is -2.38. The molecule has 3 nitrogen and oxygen atoms in total. The van der Waals surface area contributed by atoms with Crippen LogP contribution in [-0.4, -0.2) is 22.0 Å². The number of hydrogen-bond acceptors (Lipinski definition) is 3. The van der Waals surface area contributed by atoms with Gasteiger partial charge >= 0.3 is 0 Å². The molecule has 0 spiro atoms. The first kappa shape index (κ1) is 15.0. The van der Waals surface area contributed by atoms with Crippen LogP contribution in [0.4, 0.5) is 0 Å². The lowest BCUT2D eigenvalue weighted by Gasteiger charge is -2.26. The summed E-state index contributed by atoms with van der Waals surface area (Å²) in [6, 6.07) is 0.604. The molecule has 0 aliphatic heterocycles. The third kappa shape index (κ3) is 3.86. The van der Waals surface area contributed by atoms with Gasteiger partial charge in [-0.15, -0.1) is 11.3 Å². The van der Waals surface area contributed by atoms with Crippen LogP contribution < -0.4 is 5.32 Å². The number of imidazole rings is 1. The average Bonchev–Trinajstić information content (AvgIpc) is 2.95. The van der Waals surface area contributed by atoms with Gasteiger partial charge in [0.2, 0.25) is 0 Å². The van der Waals surface area contributed by atoms with Gasteiger partial charge in [0.1, 0.15) is 0 Å². The molecule has 0 saturated heterocycles. The van der Waals surface area contributed by atoms with Gasteiger partial charge in [-0.05, 0) is 31.7 Å². The lowest BCUT2D eigenvalue weighted by molar-refractivity contribution is 0.316. The van der Waals surface area contributed by atoms with Gasteiger partial charge in [0.15, 0.2) is 4.96 Å². The summed E-state index contributed by atoms with van der Waals surface area (Å²) in [6.07, 6.45) is 15.1. The van der Waals surface area contributed by atoms with Crippen LogP contribution in [0.5, 0.6) is 0 Å². The average molecular weight is 305 g/mol. The second-order valence-corrected chi connectivity index (χ2v) is 7.21. The number of thiazole rings is 1. The molecule has 2 aromatic heterocycles. The second-order valence-electron chi connectivity index (χ2n) is 6.34. The number of hydrogen-bond donors (Lipinski definition) is 1. The number of nitrogens with zero attached hydrogens (tertiary/aromatic N) is 2. The topological polar surface area (TPSA) is 29.3 Å². The standard InChI is InChI=1S/C17H27N3S/c1-2-9-18-16(14-7-5-3-4-6-8-14)12-15-13-20-10-11-21-17(20)19-15/h10-11,13-14,16,18H,2-9,12H2,1H3. The van der Waals surface area contributed by atoms with Gasteiger partial charge in [-0.2, -0.15) is 0 Å². The molecule has 0 radical (unpaired) electrons. The Morgan fingerprint density at radius 1 is 1.33 bits per heavy atom. The van der Waals surface area contributed by atoms with Gasteiger partial charge in [0.05, 0.1) is 5.69 Å². The Hall–Kier alpha value is -0.870. The third-order valence-electron chi connectivity index (χ3n) is 4.70. The largest absolute Gasteiger partial charge is 0.313 e. The number of rotatable bonds is 6. The molecule has 1 aliphatic carbocycles. The molecular formula is C17H27N3S. The van der Waals surface area contributed by atoms with E-state index in [0.717, 1.165) is 23.8 Å². The van der Waals surface area contributed by atoms with Crippen molar-refractivity contribution in [1.82, 2.24) is 14.7 Å². The van der Waals surface area contributed by atoms with E-state index in [9.17, 15) is 0 Å². The van der Waals surface area contributed by atoms with E-state index in [1.165, 1.54) is 50.6 Å². The summed E-state index contributed by atoms with van der Waals surface area (Å²) >= 11 is 1.72. The third-order valence-corrected chi connectivity index (χ3v) is 5.47. The maximum atomic E-state index is 4.78. The summed E-state index contributed by atoms with van der Waals surface area (Å²) in [6.45, 7) is 3.38. The normalized spacial score (nSPS) is 18.9. The smallest absolute Gasteiger partial charge is 0.193 e. The Balaban J connectivity index is 1.69. The van der Waals surface area contributed by atoms with E-state index in [2.05, 4.69) is 34.4 Å². The lowest BCUT2D eigenvalue weighted by atomic mass is 9.89. The molecule has 1 aliphatic rings. The number of aromatic nitrogens is 2. The number of nitrogens with one attached hydrogen (secondary N) is 1. The van der Waals surface area contributed by atoms with Crippen LogP contribution >= 0.6 is 11.3 Å². The molecule has 1 atom stereocenters. The summed E-state index contributed by atoms with van der Waals surface area (Å²) in [5.41, 5.74) is 1.25. The Bertz CT molecular complexity index is 508. The fourth-order valence-electron chi connectivity index (χ4n) is 3.55. The van der Waals surface area contributed by atoms with Crippen molar-refractivity contribution in [2.45, 2.75) is 64.3 Å². The Morgan fingerprint density at radius 3 is 2.86 bits per heavy atom. The highest BCUT2D eigenvalue weighted by Gasteiger charge is 2.23. The van der Waals surface area contributed by atoms with Crippen molar-refractivity contribution >= 4 is 16.3 Å². The fourth-order valence-corrected chi connectivity index (χ4v) is 4.27. The van der Waals surface area contributed by atoms with Crippen molar-refractivity contribution in [2.75, 3.05) is 6.54 Å². The first-order valence-corrected chi connectivity index (χ1v) is 9.39. The highest BCUT2D eigenvalue weighted by atomic mass is 32.1. The molecule has 2 heterocycles. The molecule has 4 heteroatoms. The zero-order valence-corrected chi connectivity index (χ0v) is 13.9. The summed E-state index contributed by atoms with van der Waals surface area (Å²) in [7, 11) is 0. The Labute approximate surface area is 131 Å². The summed E-state index contributed by atoms with van der Waals surface area (Å²) in [4.78, 5) is 5.91. The van der Waals surface area contributed by atoms with Crippen molar-refractivity contribution < 1.29 is 0 Å². The zero-order valence-electron chi connectivity index (χ0n) is 13.1. The van der Waals surface area contributed by atoms with Crippen molar-refractivity contribution in [1.29, 1.82) is 0 Å². The Kier molecular flexibility index (Phi) is 5.31. The zero-order chi connectivity index (χ0) is 14.5. The van der Waals surface area contributed by atoms with E-state index in [-0.39, 0.29) is 0 Å². The molecule has 0 amide bonds. The molecule has 21 heavy (non-hydrogen) atoms. The fraction of sp³-hybridized carbons (Fsp3) is 0.706. The van der Waals surface area contributed by atoms with Crippen molar-refractivity contribution in [2.24, 2.45) is 5.92 Å². The molecule has 1 unspecified atom stereocenters. The van der Waals surface area contributed by atoms with E-state index < -0.39 is 0 Å². The minimum Gasteiger partial charge on any atom is -0.313 e. The monoisotopic (exact) mass is 305 g/mol. The quantitative estimate of drug-likeness (QED) is 0.807. The highest BCUT2D eigenvalue weighted by molar-refractivity contribution is 7.15. The Morgan fingerprint density at radius 2 is 2.14 bits per heavy atom. The van der Waals surface area contributed by atoms with Crippen LogP contribution in [0.15, 0.2) is 17.8 Å². The van der Waals surface area contributed by atoms with Gasteiger partial charge in [0.25, 0.3) is 0 Å². The van der Waals surface area contributed by atoms with E-state index >= 15 is 0 Å². The maximum absolute atomic E-state index is 4.78. The maximum Gasteiger partial charge on any atom is 0.193 e. The molecule has 1 N–H and O–H groups in total. The van der Waals surface area contributed by atoms with Gasteiger partial charge < -0.3 is 5.32 Å². The van der Waals surface area contributed by atoms with E-state index in [1.54, 1.807) is 11.3 Å². The van der Waals surface area contributed by atoms with Crippen LogP contribution in [0.2, 0.25) is 0 Å². The van der Waals surface area contributed by atoms with Crippen molar-refractivity contribution in [3.05, 3.63) is 23.5 Å². The first-order valence-electron chi connectivity index (χ1n) is 8.51. The molecular weight excluding hydrogens is 278 g/mol. The van der Waals surface area contributed by atoms with E-state index in [4.69, 9.17) is 4.98 Å².